The molecule has 3 N–H and O–H groups in total. The smallest absolute Gasteiger partial charge is 0.220 e. The molecule has 5 nitrogen and oxygen atoms in total. The highest BCUT2D eigenvalue weighted by atomic mass is 32.1. The molecule has 0 spiro atoms. The second kappa shape index (κ2) is 5.97. The number of thiazole rings is 1. The van der Waals surface area contributed by atoms with Gasteiger partial charge in [0.1, 0.15) is 0 Å². The van der Waals surface area contributed by atoms with Crippen LogP contribution in [0.15, 0.2) is 5.38 Å². The minimum Gasteiger partial charge on any atom is -0.381 e. The molecule has 2 rings (SSSR count). The van der Waals surface area contributed by atoms with Crippen molar-refractivity contribution in [2.45, 2.75) is 19.3 Å². The number of amides is 1. The highest BCUT2D eigenvalue weighted by Gasteiger charge is 2.18. The third-order valence-electron chi connectivity index (χ3n) is 2.77. The zero-order chi connectivity index (χ0) is 12.1. The lowest BCUT2D eigenvalue weighted by Crippen LogP contribution is -2.27. The van der Waals surface area contributed by atoms with Gasteiger partial charge < -0.3 is 15.8 Å². The fourth-order valence-corrected chi connectivity index (χ4v) is 2.44. The quantitative estimate of drug-likeness (QED) is 0.816. The van der Waals surface area contributed by atoms with Crippen molar-refractivity contribution < 1.29 is 9.53 Å². The van der Waals surface area contributed by atoms with Crippen molar-refractivity contribution in [3.8, 4) is 0 Å². The van der Waals surface area contributed by atoms with Gasteiger partial charge in [-0.1, -0.05) is 0 Å². The van der Waals surface area contributed by atoms with Crippen LogP contribution in [0.3, 0.4) is 0 Å². The summed E-state index contributed by atoms with van der Waals surface area (Å²) in [6, 6.07) is 0. The number of carbonyl (C=O) groups is 1. The summed E-state index contributed by atoms with van der Waals surface area (Å²) in [5, 5.41) is 5.40. The Morgan fingerprint density at radius 3 is 3.24 bits per heavy atom. The average Bonchev–Trinajstić information content (AvgIpc) is 2.90. The van der Waals surface area contributed by atoms with Crippen molar-refractivity contribution >= 4 is 22.4 Å². The highest BCUT2D eigenvalue weighted by molar-refractivity contribution is 7.13. The van der Waals surface area contributed by atoms with Gasteiger partial charge >= 0.3 is 0 Å². The number of rotatable bonds is 5. The first kappa shape index (κ1) is 12.3. The van der Waals surface area contributed by atoms with E-state index in [4.69, 9.17) is 10.5 Å². The fourth-order valence-electron chi connectivity index (χ4n) is 1.85. The van der Waals surface area contributed by atoms with Gasteiger partial charge in [0.2, 0.25) is 5.91 Å². The second-order valence-corrected chi connectivity index (χ2v) is 5.10. The van der Waals surface area contributed by atoms with Crippen molar-refractivity contribution in [2.75, 3.05) is 25.5 Å². The van der Waals surface area contributed by atoms with Crippen LogP contribution in [0.1, 0.15) is 18.5 Å². The van der Waals surface area contributed by atoms with E-state index in [1.165, 1.54) is 11.3 Å². The van der Waals surface area contributed by atoms with Crippen molar-refractivity contribution in [1.82, 2.24) is 10.3 Å². The third-order valence-corrected chi connectivity index (χ3v) is 3.49. The molecule has 0 bridgehead atoms. The van der Waals surface area contributed by atoms with Crippen molar-refractivity contribution in [1.29, 1.82) is 0 Å². The molecule has 0 unspecified atom stereocenters. The normalized spacial score (nSPS) is 19.4. The molecule has 6 heteroatoms. The Morgan fingerprint density at radius 1 is 1.71 bits per heavy atom. The molecule has 0 aliphatic carbocycles. The van der Waals surface area contributed by atoms with Gasteiger partial charge in [-0.2, -0.15) is 0 Å². The van der Waals surface area contributed by atoms with E-state index >= 15 is 0 Å². The highest BCUT2D eigenvalue weighted by Crippen LogP contribution is 2.15. The Kier molecular flexibility index (Phi) is 4.33. The molecule has 1 amide bonds. The van der Waals surface area contributed by atoms with E-state index in [2.05, 4.69) is 10.3 Å². The van der Waals surface area contributed by atoms with Crippen molar-refractivity contribution in [3.63, 3.8) is 0 Å². The number of hydrogen-bond donors (Lipinski definition) is 2. The van der Waals surface area contributed by atoms with Crippen LogP contribution >= 0.6 is 11.3 Å². The molecule has 0 aromatic carbocycles. The predicted octanol–water partition coefficient (Wildman–Crippen LogP) is 0.811. The standard InChI is InChI=1S/C11H17N3O2S/c12-11-14-9(7-17-11)1-3-13-10(15)5-8-2-4-16-6-8/h7-8H,1-6H2,(H2,12,14)(H,13,15)/t8-/m1/s1. The SMILES string of the molecule is Nc1nc(CCNC(=O)C[C@H]2CCOC2)cs1. The topological polar surface area (TPSA) is 77.2 Å². The van der Waals surface area contributed by atoms with Gasteiger partial charge in [-0.25, -0.2) is 4.98 Å². The van der Waals surface area contributed by atoms with Crippen molar-refractivity contribution in [2.24, 2.45) is 5.92 Å². The molecule has 1 aromatic rings. The number of ether oxygens (including phenoxy) is 1. The van der Waals surface area contributed by atoms with Gasteiger partial charge in [-0.05, 0) is 12.3 Å². The van der Waals surface area contributed by atoms with Gasteiger partial charge in [0.05, 0.1) is 5.69 Å². The Morgan fingerprint density at radius 2 is 2.59 bits per heavy atom. The maximum atomic E-state index is 11.6. The zero-order valence-corrected chi connectivity index (χ0v) is 10.5. The largest absolute Gasteiger partial charge is 0.381 e. The molecule has 0 radical (unpaired) electrons. The Labute approximate surface area is 104 Å². The maximum Gasteiger partial charge on any atom is 0.220 e. The van der Waals surface area contributed by atoms with Crippen LogP contribution in [0.4, 0.5) is 5.13 Å². The predicted molar refractivity (Wildman–Crippen MR) is 66.8 cm³/mol. The maximum absolute atomic E-state index is 11.6. The van der Waals surface area contributed by atoms with Crippen LogP contribution in [-0.4, -0.2) is 30.6 Å². The van der Waals surface area contributed by atoms with Crippen LogP contribution in [0.2, 0.25) is 0 Å². The first-order chi connectivity index (χ1) is 8.24. The summed E-state index contributed by atoms with van der Waals surface area (Å²) in [6.07, 6.45) is 2.30. The summed E-state index contributed by atoms with van der Waals surface area (Å²) in [6.45, 7) is 2.13. The molecule has 0 saturated carbocycles. The number of anilines is 1. The van der Waals surface area contributed by atoms with Crippen LogP contribution in [0.5, 0.6) is 0 Å². The van der Waals surface area contributed by atoms with Crippen LogP contribution in [0, 0.1) is 5.92 Å². The number of nitrogens with one attached hydrogen (secondary N) is 1. The zero-order valence-electron chi connectivity index (χ0n) is 9.65. The van der Waals surface area contributed by atoms with E-state index in [0.717, 1.165) is 31.7 Å². The van der Waals surface area contributed by atoms with Crippen LogP contribution < -0.4 is 11.1 Å². The van der Waals surface area contributed by atoms with E-state index in [1.54, 1.807) is 0 Å². The summed E-state index contributed by atoms with van der Waals surface area (Å²) >= 11 is 1.43. The van der Waals surface area contributed by atoms with Gasteiger partial charge in [0.15, 0.2) is 5.13 Å². The minimum absolute atomic E-state index is 0.101. The van der Waals surface area contributed by atoms with E-state index in [0.29, 0.717) is 24.0 Å². The molecular weight excluding hydrogens is 238 g/mol. The first-order valence-corrected chi connectivity index (χ1v) is 6.66. The summed E-state index contributed by atoms with van der Waals surface area (Å²) in [5.74, 6) is 0.494. The lowest BCUT2D eigenvalue weighted by molar-refractivity contribution is -0.122. The van der Waals surface area contributed by atoms with E-state index < -0.39 is 0 Å². The van der Waals surface area contributed by atoms with E-state index in [9.17, 15) is 4.79 Å². The number of nitrogen functional groups attached to an aromatic ring is 1. The minimum atomic E-state index is 0.101. The van der Waals surface area contributed by atoms with Crippen molar-refractivity contribution in [3.05, 3.63) is 11.1 Å². The van der Waals surface area contributed by atoms with Gasteiger partial charge in [-0.15, -0.1) is 11.3 Å². The number of nitrogens with two attached hydrogens (primary N) is 1. The molecule has 1 fully saturated rings. The van der Waals surface area contributed by atoms with Gasteiger partial charge in [0.25, 0.3) is 0 Å². The fraction of sp³-hybridized carbons (Fsp3) is 0.636. The lowest BCUT2D eigenvalue weighted by atomic mass is 10.1. The third kappa shape index (κ3) is 3.98. The summed E-state index contributed by atoms with van der Waals surface area (Å²) in [4.78, 5) is 15.7. The Balaban J connectivity index is 1.62. The Hall–Kier alpha value is -1.14. The molecule has 94 valence electrons. The second-order valence-electron chi connectivity index (χ2n) is 4.21. The summed E-state index contributed by atoms with van der Waals surface area (Å²) in [5.41, 5.74) is 6.47. The number of hydrogen-bond acceptors (Lipinski definition) is 5. The summed E-state index contributed by atoms with van der Waals surface area (Å²) < 4.78 is 5.23. The van der Waals surface area contributed by atoms with E-state index in [-0.39, 0.29) is 5.91 Å². The molecule has 1 atom stereocenters. The van der Waals surface area contributed by atoms with Gasteiger partial charge in [-0.3, -0.25) is 4.79 Å². The number of carbonyl (C=O) groups excluding carboxylic acids is 1. The number of nitrogens with zero attached hydrogens (tertiary/aromatic N) is 1. The molecule has 1 aliphatic rings. The van der Waals surface area contributed by atoms with Crippen LogP contribution in [-0.2, 0) is 16.0 Å². The monoisotopic (exact) mass is 255 g/mol. The molecule has 1 aromatic heterocycles. The lowest BCUT2D eigenvalue weighted by Gasteiger charge is -2.07. The van der Waals surface area contributed by atoms with Crippen LogP contribution in [0.25, 0.3) is 0 Å². The van der Waals surface area contributed by atoms with E-state index in [1.807, 2.05) is 5.38 Å². The number of aromatic nitrogens is 1. The van der Waals surface area contributed by atoms with Gasteiger partial charge in [0, 0.05) is 38.0 Å². The molecule has 2 heterocycles. The molecule has 1 saturated heterocycles. The molecular formula is C11H17N3O2S. The first-order valence-electron chi connectivity index (χ1n) is 5.78. The molecule has 17 heavy (non-hydrogen) atoms. The molecule has 1 aliphatic heterocycles. The summed E-state index contributed by atoms with van der Waals surface area (Å²) in [7, 11) is 0. The Bertz CT molecular complexity index is 375. The average molecular weight is 255 g/mol.